The van der Waals surface area contributed by atoms with Gasteiger partial charge in [0.05, 0.1) is 12.1 Å². The van der Waals surface area contributed by atoms with Crippen LogP contribution in [0.2, 0.25) is 0 Å². The number of aromatic nitrogens is 3. The number of hydrogen-bond donors (Lipinski definition) is 1. The van der Waals surface area contributed by atoms with Gasteiger partial charge in [0.2, 0.25) is 0 Å². The average Bonchev–Trinajstić information content (AvgIpc) is 3.58. The van der Waals surface area contributed by atoms with E-state index in [1.165, 1.54) is 23.8 Å². The van der Waals surface area contributed by atoms with Crippen LogP contribution in [0.3, 0.4) is 0 Å². The lowest BCUT2D eigenvalue weighted by Gasteiger charge is -2.31. The van der Waals surface area contributed by atoms with E-state index in [2.05, 4.69) is 22.4 Å². The molecule has 10 heteroatoms. The van der Waals surface area contributed by atoms with Crippen molar-refractivity contribution >= 4 is 11.6 Å². The summed E-state index contributed by atoms with van der Waals surface area (Å²) in [6.45, 7) is 15.1. The molecule has 7 nitrogen and oxygen atoms in total. The number of nitrogens with one attached hydrogen (secondary N) is 1. The molecule has 0 spiro atoms. The van der Waals surface area contributed by atoms with Crippen LogP contribution in [0.15, 0.2) is 48.8 Å². The number of carbonyl (C=O) groups excluding carboxylic acids is 1. The van der Waals surface area contributed by atoms with E-state index in [0.29, 0.717) is 23.7 Å². The molecule has 1 fully saturated rings. The van der Waals surface area contributed by atoms with Gasteiger partial charge in [-0.05, 0) is 87.3 Å². The standard InChI is InChI=1S/C22H26F3N3O.C8H13N3.2C2H6/c1-3-26-10-7-11-27(2)14-16-12-18-19(20(13-16)22(23,24)25)15-28(21(18)29)17-8-5-4-6-9-17;1-6-3-7(4-6)8-10-9-5-11(8)2;2*1-2/h4-6,8-9,12-13,26H,3,7,10-11,14-15H2,1-2H3;5-7H,3-4H2,1-2H3;2*1-2H3. The average molecular weight is 617 g/mol. The van der Waals surface area contributed by atoms with Gasteiger partial charge in [0.15, 0.2) is 0 Å². The Bertz CT molecular complexity index is 1270. The lowest BCUT2D eigenvalue weighted by Crippen LogP contribution is -2.24. The predicted molar refractivity (Wildman–Crippen MR) is 173 cm³/mol. The van der Waals surface area contributed by atoms with Crippen LogP contribution in [0.25, 0.3) is 0 Å². The third-order valence-corrected chi connectivity index (χ3v) is 7.56. The number of benzene rings is 2. The molecule has 2 heterocycles. The molecule has 1 N–H and O–H groups in total. The highest BCUT2D eigenvalue weighted by Crippen LogP contribution is 2.40. The second-order valence-electron chi connectivity index (χ2n) is 10.9. The van der Waals surface area contributed by atoms with Crippen LogP contribution in [-0.2, 0) is 26.3 Å². The monoisotopic (exact) mass is 616 g/mol. The molecule has 244 valence electrons. The van der Waals surface area contributed by atoms with Crippen LogP contribution >= 0.6 is 0 Å². The van der Waals surface area contributed by atoms with E-state index >= 15 is 0 Å². The SMILES string of the molecule is CC.CC.CC1CC(c2nncn2C)C1.CCNCCCN(C)Cc1cc2c(c(C(F)(F)F)c1)CN(c1ccccc1)C2=O. The normalized spacial score (nSPS) is 17.0. The van der Waals surface area contributed by atoms with E-state index in [9.17, 15) is 18.0 Å². The van der Waals surface area contributed by atoms with Crippen LogP contribution in [0.4, 0.5) is 18.9 Å². The Balaban J connectivity index is 0.000000372. The topological polar surface area (TPSA) is 66.3 Å². The second-order valence-corrected chi connectivity index (χ2v) is 10.9. The summed E-state index contributed by atoms with van der Waals surface area (Å²) in [6, 6.07) is 11.6. The van der Waals surface area contributed by atoms with Gasteiger partial charge in [0.25, 0.3) is 5.91 Å². The number of nitrogens with zero attached hydrogens (tertiary/aromatic N) is 5. The van der Waals surface area contributed by atoms with E-state index < -0.39 is 11.7 Å². The van der Waals surface area contributed by atoms with E-state index in [-0.39, 0.29) is 23.6 Å². The van der Waals surface area contributed by atoms with Gasteiger partial charge in [-0.25, -0.2) is 0 Å². The Morgan fingerprint density at radius 3 is 2.27 bits per heavy atom. The molecule has 3 aromatic rings. The maximum absolute atomic E-state index is 13.8. The summed E-state index contributed by atoms with van der Waals surface area (Å²) in [5, 5.41) is 11.2. The fourth-order valence-electron chi connectivity index (χ4n) is 5.45. The molecular weight excluding hydrogens is 565 g/mol. The number of halogens is 3. The minimum Gasteiger partial charge on any atom is -0.320 e. The van der Waals surface area contributed by atoms with Gasteiger partial charge in [-0.15, -0.1) is 10.2 Å². The lowest BCUT2D eigenvalue weighted by atomic mass is 9.76. The number of carbonyl (C=O) groups is 1. The molecular formula is C34H51F3N6O. The first-order valence-electron chi connectivity index (χ1n) is 15.9. The molecule has 0 radical (unpaired) electrons. The summed E-state index contributed by atoms with van der Waals surface area (Å²) in [5.74, 6) is 2.34. The van der Waals surface area contributed by atoms with Crippen molar-refractivity contribution in [3.63, 3.8) is 0 Å². The summed E-state index contributed by atoms with van der Waals surface area (Å²) in [4.78, 5) is 16.3. The summed E-state index contributed by atoms with van der Waals surface area (Å²) in [7, 11) is 3.89. The van der Waals surface area contributed by atoms with Gasteiger partial charge in [-0.3, -0.25) is 4.79 Å². The van der Waals surface area contributed by atoms with Crippen molar-refractivity contribution in [3.8, 4) is 0 Å². The van der Waals surface area contributed by atoms with Crippen molar-refractivity contribution in [1.82, 2.24) is 25.0 Å². The molecule has 5 rings (SSSR count). The Morgan fingerprint density at radius 2 is 1.73 bits per heavy atom. The zero-order chi connectivity index (χ0) is 32.9. The zero-order valence-electron chi connectivity index (χ0n) is 27.7. The fraction of sp³-hybridized carbons (Fsp3) is 0.559. The highest BCUT2D eigenvalue weighted by atomic mass is 19.4. The third kappa shape index (κ3) is 9.89. The summed E-state index contributed by atoms with van der Waals surface area (Å²) >= 11 is 0. The predicted octanol–water partition coefficient (Wildman–Crippen LogP) is 7.68. The number of aryl methyl sites for hydroxylation is 1. The number of anilines is 1. The molecule has 1 aliphatic heterocycles. The minimum atomic E-state index is -4.50. The number of para-hydroxylation sites is 1. The Kier molecular flexibility index (Phi) is 15.0. The summed E-state index contributed by atoms with van der Waals surface area (Å²) in [6.07, 6.45) is 0.746. The van der Waals surface area contributed by atoms with Crippen molar-refractivity contribution in [1.29, 1.82) is 0 Å². The molecule has 0 atom stereocenters. The number of amides is 1. The van der Waals surface area contributed by atoms with Crippen LogP contribution in [0.1, 0.15) is 99.6 Å². The third-order valence-electron chi connectivity index (χ3n) is 7.56. The first-order valence-corrected chi connectivity index (χ1v) is 15.9. The van der Waals surface area contributed by atoms with Crippen LogP contribution in [0, 0.1) is 5.92 Å². The van der Waals surface area contributed by atoms with E-state index in [1.807, 2.05) is 64.2 Å². The molecule has 2 aliphatic rings. The number of alkyl halides is 3. The molecule has 0 saturated heterocycles. The van der Waals surface area contributed by atoms with Crippen LogP contribution in [-0.4, -0.2) is 52.3 Å². The number of fused-ring (bicyclic) bond motifs is 1. The smallest absolute Gasteiger partial charge is 0.320 e. The Labute approximate surface area is 261 Å². The summed E-state index contributed by atoms with van der Waals surface area (Å²) < 4.78 is 43.3. The zero-order valence-corrected chi connectivity index (χ0v) is 27.7. The van der Waals surface area contributed by atoms with Gasteiger partial charge < -0.3 is 19.7 Å². The van der Waals surface area contributed by atoms with E-state index in [1.54, 1.807) is 36.7 Å². The number of rotatable bonds is 9. The van der Waals surface area contributed by atoms with Gasteiger partial charge >= 0.3 is 6.18 Å². The maximum Gasteiger partial charge on any atom is 0.416 e. The maximum atomic E-state index is 13.8. The molecule has 0 unspecified atom stereocenters. The molecule has 1 saturated carbocycles. The van der Waals surface area contributed by atoms with Crippen molar-refractivity contribution in [3.05, 3.63) is 76.9 Å². The lowest BCUT2D eigenvalue weighted by molar-refractivity contribution is -0.138. The van der Waals surface area contributed by atoms with Gasteiger partial charge in [-0.1, -0.05) is 59.7 Å². The number of hydrogen-bond acceptors (Lipinski definition) is 5. The van der Waals surface area contributed by atoms with Crippen LogP contribution < -0.4 is 10.2 Å². The largest absolute Gasteiger partial charge is 0.416 e. The molecule has 44 heavy (non-hydrogen) atoms. The van der Waals surface area contributed by atoms with E-state index in [0.717, 1.165) is 37.8 Å². The van der Waals surface area contributed by atoms with Crippen molar-refractivity contribution in [2.75, 3.05) is 31.6 Å². The van der Waals surface area contributed by atoms with Crippen molar-refractivity contribution < 1.29 is 18.0 Å². The highest BCUT2D eigenvalue weighted by molar-refractivity contribution is 6.10. The van der Waals surface area contributed by atoms with Crippen molar-refractivity contribution in [2.24, 2.45) is 13.0 Å². The molecule has 2 aromatic carbocycles. The molecule has 1 aliphatic carbocycles. The Morgan fingerprint density at radius 1 is 1.07 bits per heavy atom. The molecule has 1 amide bonds. The van der Waals surface area contributed by atoms with Gasteiger partial charge in [0, 0.05) is 30.8 Å². The minimum absolute atomic E-state index is 0.0601. The molecule has 1 aromatic heterocycles. The van der Waals surface area contributed by atoms with Crippen LogP contribution in [0.5, 0.6) is 0 Å². The first-order chi connectivity index (χ1) is 21.1. The first kappa shape index (κ1) is 36.9. The fourth-order valence-corrected chi connectivity index (χ4v) is 5.45. The highest BCUT2D eigenvalue weighted by Gasteiger charge is 2.40. The van der Waals surface area contributed by atoms with Gasteiger partial charge in [0.1, 0.15) is 12.2 Å². The van der Waals surface area contributed by atoms with Crippen molar-refractivity contribution in [2.45, 2.75) is 86.0 Å². The second kappa shape index (κ2) is 17.9. The quantitative estimate of drug-likeness (QED) is 0.250. The van der Waals surface area contributed by atoms with Gasteiger partial charge in [-0.2, -0.15) is 13.2 Å². The molecule has 0 bridgehead atoms. The van der Waals surface area contributed by atoms with E-state index in [4.69, 9.17) is 0 Å². The summed E-state index contributed by atoms with van der Waals surface area (Å²) in [5.41, 5.74) is 0.608. The Hall–Kier alpha value is -3.24.